The zero-order valence-corrected chi connectivity index (χ0v) is 9.65. The monoisotopic (exact) mass is 215 g/mol. The van der Waals surface area contributed by atoms with Gasteiger partial charge in [-0.25, -0.2) is 0 Å². The second-order valence-corrected chi connectivity index (χ2v) is 4.70. The Balaban J connectivity index is 2.05. The highest BCUT2D eigenvalue weighted by molar-refractivity contribution is 5.49. The van der Waals surface area contributed by atoms with Crippen LogP contribution in [0, 0.1) is 5.92 Å². The smallest absolute Gasteiger partial charge is 0.109 e. The number of hydrogen-bond acceptors (Lipinski definition) is 2. The number of ether oxygens (including phenoxy) is 1. The summed E-state index contributed by atoms with van der Waals surface area (Å²) in [5.74, 6) is 1.80. The molecule has 3 rings (SSSR count). The summed E-state index contributed by atoms with van der Waals surface area (Å²) in [5.41, 5.74) is 0. The summed E-state index contributed by atoms with van der Waals surface area (Å²) in [4.78, 5) is 4.39. The van der Waals surface area contributed by atoms with Crippen molar-refractivity contribution in [1.29, 1.82) is 0 Å². The predicted octanol–water partition coefficient (Wildman–Crippen LogP) is 1.58. The van der Waals surface area contributed by atoms with Gasteiger partial charge in [0.15, 0.2) is 0 Å². The van der Waals surface area contributed by atoms with E-state index in [1.807, 2.05) is 12.3 Å². The van der Waals surface area contributed by atoms with Crippen molar-refractivity contribution in [2.24, 2.45) is 5.92 Å². The van der Waals surface area contributed by atoms with E-state index in [1.165, 1.54) is 30.2 Å². The first-order valence-corrected chi connectivity index (χ1v) is 6.20. The zero-order chi connectivity index (χ0) is 11.0. The summed E-state index contributed by atoms with van der Waals surface area (Å²) in [7, 11) is 0. The van der Waals surface area contributed by atoms with Gasteiger partial charge in [-0.1, -0.05) is 19.4 Å². The maximum Gasteiger partial charge on any atom is 0.109 e. The first-order valence-electron chi connectivity index (χ1n) is 6.20. The van der Waals surface area contributed by atoms with Crippen LogP contribution >= 0.6 is 0 Å². The van der Waals surface area contributed by atoms with E-state index >= 15 is 0 Å². The summed E-state index contributed by atoms with van der Waals surface area (Å²) in [6.07, 6.45) is 9.21. The third kappa shape index (κ3) is 1.53. The Kier molecular flexibility index (Phi) is 2.43. The van der Waals surface area contributed by atoms with Crippen molar-refractivity contribution in [3.63, 3.8) is 0 Å². The summed E-state index contributed by atoms with van der Waals surface area (Å²) in [6.45, 7) is 2.22. The lowest BCUT2D eigenvalue weighted by atomic mass is 9.93. The van der Waals surface area contributed by atoms with E-state index in [-0.39, 0.29) is 0 Å². The molecule has 1 aromatic heterocycles. The zero-order valence-electron chi connectivity index (χ0n) is 9.65. The largest absolute Gasteiger partial charge is 0.494 e. The Morgan fingerprint density at radius 1 is 1.50 bits per heavy atom. The lowest BCUT2D eigenvalue weighted by Crippen LogP contribution is -2.34. The van der Waals surface area contributed by atoms with E-state index in [4.69, 9.17) is 4.74 Å². The minimum Gasteiger partial charge on any atom is -0.494 e. The minimum absolute atomic E-state index is 0.435. The highest BCUT2D eigenvalue weighted by Gasteiger charge is 2.31. The molecule has 2 unspecified atom stereocenters. The molecule has 1 aliphatic heterocycles. The first-order chi connectivity index (χ1) is 7.88. The summed E-state index contributed by atoms with van der Waals surface area (Å²) in [5, 5.41) is 2.32. The van der Waals surface area contributed by atoms with Gasteiger partial charge in [0.05, 0.1) is 11.5 Å². The first kappa shape index (κ1) is 9.88. The molecular formula is C14H17NO. The van der Waals surface area contributed by atoms with Crippen LogP contribution in [0.15, 0.2) is 18.3 Å². The Bertz CT molecular complexity index is 506. The van der Waals surface area contributed by atoms with Gasteiger partial charge in [0.1, 0.15) is 5.76 Å². The molecule has 2 heteroatoms. The number of nitrogens with zero attached hydrogens (tertiary/aromatic N) is 1. The van der Waals surface area contributed by atoms with Gasteiger partial charge in [0, 0.05) is 17.3 Å². The third-order valence-corrected chi connectivity index (χ3v) is 3.52. The molecular weight excluding hydrogens is 198 g/mol. The fourth-order valence-corrected chi connectivity index (χ4v) is 2.78. The van der Waals surface area contributed by atoms with Gasteiger partial charge >= 0.3 is 0 Å². The average Bonchev–Trinajstić information content (AvgIpc) is 2.72. The van der Waals surface area contributed by atoms with Gasteiger partial charge in [-0.2, -0.15) is 0 Å². The van der Waals surface area contributed by atoms with Crippen molar-refractivity contribution in [2.45, 2.75) is 38.7 Å². The van der Waals surface area contributed by atoms with Crippen molar-refractivity contribution in [3.05, 3.63) is 28.9 Å². The van der Waals surface area contributed by atoms with Crippen LogP contribution in [0.25, 0.3) is 11.8 Å². The molecule has 1 saturated heterocycles. The number of aromatic nitrogens is 1. The van der Waals surface area contributed by atoms with Gasteiger partial charge < -0.3 is 4.74 Å². The van der Waals surface area contributed by atoms with Gasteiger partial charge in [0.2, 0.25) is 0 Å². The van der Waals surface area contributed by atoms with Crippen LogP contribution in [0.5, 0.6) is 0 Å². The van der Waals surface area contributed by atoms with Crippen molar-refractivity contribution in [2.75, 3.05) is 0 Å². The quantitative estimate of drug-likeness (QED) is 0.747. The van der Waals surface area contributed by atoms with Crippen LogP contribution in [-0.2, 0) is 4.74 Å². The molecule has 0 bridgehead atoms. The molecule has 0 aromatic carbocycles. The predicted molar refractivity (Wildman–Crippen MR) is 63.9 cm³/mol. The Hall–Kier alpha value is -1.31. The lowest BCUT2D eigenvalue weighted by Gasteiger charge is -2.11. The van der Waals surface area contributed by atoms with Gasteiger partial charge in [0.25, 0.3) is 0 Å². The lowest BCUT2D eigenvalue weighted by molar-refractivity contribution is 0.187. The molecule has 16 heavy (non-hydrogen) atoms. The number of pyridine rings is 1. The van der Waals surface area contributed by atoms with E-state index in [0.717, 1.165) is 11.8 Å². The second kappa shape index (κ2) is 3.93. The maximum atomic E-state index is 6.09. The minimum atomic E-state index is 0.435. The highest BCUT2D eigenvalue weighted by atomic mass is 16.5. The average molecular weight is 215 g/mol. The molecule has 1 aromatic rings. The molecule has 0 N–H and O–H groups in total. The van der Waals surface area contributed by atoms with Gasteiger partial charge in [-0.3, -0.25) is 4.98 Å². The standard InChI is InChI=1S/C14H17NO/c1-2-4-11-9-10-6-7-13-12(14(10)16-11)5-3-8-15-13/h3,5,7-8,10-11H,2,4,6,9H2,1H3. The summed E-state index contributed by atoms with van der Waals surface area (Å²) >= 11 is 0. The van der Waals surface area contributed by atoms with Crippen LogP contribution in [0.1, 0.15) is 32.6 Å². The summed E-state index contributed by atoms with van der Waals surface area (Å²) in [6, 6.07) is 4.13. The maximum absolute atomic E-state index is 6.09. The Labute approximate surface area is 95.7 Å². The third-order valence-electron chi connectivity index (χ3n) is 3.52. The van der Waals surface area contributed by atoms with Gasteiger partial charge in [-0.05, 0) is 31.4 Å². The van der Waals surface area contributed by atoms with Crippen molar-refractivity contribution in [3.8, 4) is 0 Å². The van der Waals surface area contributed by atoms with Crippen LogP contribution in [-0.4, -0.2) is 11.1 Å². The Morgan fingerprint density at radius 2 is 2.44 bits per heavy atom. The Morgan fingerprint density at radius 3 is 3.31 bits per heavy atom. The molecule has 0 amide bonds. The molecule has 0 saturated carbocycles. The van der Waals surface area contributed by atoms with Crippen molar-refractivity contribution in [1.82, 2.24) is 4.98 Å². The van der Waals surface area contributed by atoms with Crippen LogP contribution in [0.4, 0.5) is 0 Å². The van der Waals surface area contributed by atoms with E-state index in [1.54, 1.807) is 0 Å². The van der Waals surface area contributed by atoms with Crippen molar-refractivity contribution >= 4 is 11.8 Å². The molecule has 1 fully saturated rings. The molecule has 0 spiro atoms. The fraction of sp³-hybridized carbons (Fsp3) is 0.500. The van der Waals surface area contributed by atoms with E-state index in [2.05, 4.69) is 24.1 Å². The SMILES string of the molecule is CCCC1CC2CC=c3ncccc3=C2O1. The highest BCUT2D eigenvalue weighted by Crippen LogP contribution is 2.35. The van der Waals surface area contributed by atoms with Crippen LogP contribution in [0.2, 0.25) is 0 Å². The van der Waals surface area contributed by atoms with Crippen LogP contribution in [0.3, 0.4) is 0 Å². The molecule has 84 valence electrons. The van der Waals surface area contributed by atoms with Crippen LogP contribution < -0.4 is 10.6 Å². The number of hydrogen-bond donors (Lipinski definition) is 0. The molecule has 2 nitrogen and oxygen atoms in total. The topological polar surface area (TPSA) is 22.1 Å². The fourth-order valence-electron chi connectivity index (χ4n) is 2.78. The summed E-state index contributed by atoms with van der Waals surface area (Å²) < 4.78 is 6.09. The number of rotatable bonds is 2. The molecule has 0 radical (unpaired) electrons. The van der Waals surface area contributed by atoms with E-state index < -0.39 is 0 Å². The van der Waals surface area contributed by atoms with E-state index in [9.17, 15) is 0 Å². The molecule has 2 atom stereocenters. The van der Waals surface area contributed by atoms with E-state index in [0.29, 0.717) is 12.0 Å². The number of fused-ring (bicyclic) bond motifs is 2. The molecule has 1 aliphatic carbocycles. The molecule has 2 heterocycles. The normalized spacial score (nSPS) is 26.7. The van der Waals surface area contributed by atoms with Crippen molar-refractivity contribution < 1.29 is 4.74 Å². The van der Waals surface area contributed by atoms with Gasteiger partial charge in [-0.15, -0.1) is 0 Å². The second-order valence-electron chi connectivity index (χ2n) is 4.70. The molecule has 2 aliphatic rings.